The van der Waals surface area contributed by atoms with E-state index in [1.807, 2.05) is 41.0 Å². The zero-order valence-corrected chi connectivity index (χ0v) is 16.7. The predicted octanol–water partition coefficient (Wildman–Crippen LogP) is 2.78. The molecule has 1 saturated heterocycles. The first-order chi connectivity index (χ1) is 14.8. The molecule has 1 atom stereocenters. The number of benzene rings is 1. The largest absolute Gasteiger partial charge is 0.481 e. The van der Waals surface area contributed by atoms with Crippen molar-refractivity contribution in [3.05, 3.63) is 66.5 Å². The van der Waals surface area contributed by atoms with Gasteiger partial charge in [-0.2, -0.15) is 0 Å². The summed E-state index contributed by atoms with van der Waals surface area (Å²) in [6, 6.07) is 16.5. The molecule has 152 valence electrons. The molecule has 0 radical (unpaired) electrons. The fraction of sp³-hybridized carbons (Fsp3) is 0.227. The van der Waals surface area contributed by atoms with E-state index in [2.05, 4.69) is 44.1 Å². The monoisotopic (exact) mass is 401 g/mol. The van der Waals surface area contributed by atoms with Crippen molar-refractivity contribution in [1.82, 2.24) is 30.2 Å². The van der Waals surface area contributed by atoms with E-state index in [0.29, 0.717) is 17.9 Å². The van der Waals surface area contributed by atoms with Crippen molar-refractivity contribution < 1.29 is 4.74 Å². The minimum Gasteiger partial charge on any atom is -0.481 e. The number of methoxy groups -OCH3 is 1. The van der Waals surface area contributed by atoms with Gasteiger partial charge < -0.3 is 20.7 Å². The van der Waals surface area contributed by atoms with E-state index in [1.54, 1.807) is 13.3 Å². The van der Waals surface area contributed by atoms with E-state index in [4.69, 9.17) is 9.84 Å². The predicted molar refractivity (Wildman–Crippen MR) is 116 cm³/mol. The number of piperazine rings is 1. The number of nitrogens with zero attached hydrogens (tertiary/aromatic N) is 4. The molecular formula is C22H23N7O. The summed E-state index contributed by atoms with van der Waals surface area (Å²) in [5.41, 5.74) is 5.01. The summed E-state index contributed by atoms with van der Waals surface area (Å²) < 4.78 is 7.02. The molecule has 8 nitrogen and oxygen atoms in total. The van der Waals surface area contributed by atoms with E-state index in [-0.39, 0.29) is 0 Å². The highest BCUT2D eigenvalue weighted by molar-refractivity contribution is 5.66. The molecule has 4 heterocycles. The third-order valence-electron chi connectivity index (χ3n) is 5.23. The minimum absolute atomic E-state index is 0.308. The van der Waals surface area contributed by atoms with Gasteiger partial charge in [-0.15, -0.1) is 5.10 Å². The topological polar surface area (TPSA) is 88.4 Å². The van der Waals surface area contributed by atoms with Crippen LogP contribution in [0.4, 0.5) is 11.6 Å². The molecule has 4 aromatic rings. The Kier molecular flexibility index (Phi) is 5.00. The van der Waals surface area contributed by atoms with Crippen molar-refractivity contribution in [3.63, 3.8) is 0 Å². The normalized spacial score (nSPS) is 16.5. The molecule has 0 amide bonds. The lowest BCUT2D eigenvalue weighted by atomic mass is 10.0. The number of hydrogen-bond acceptors (Lipinski definition) is 7. The summed E-state index contributed by atoms with van der Waals surface area (Å²) in [6.07, 6.45) is 3.59. The lowest BCUT2D eigenvalue weighted by molar-refractivity contribution is 0.398. The fourth-order valence-corrected chi connectivity index (χ4v) is 3.68. The van der Waals surface area contributed by atoms with Crippen LogP contribution in [0.25, 0.3) is 16.8 Å². The molecule has 1 fully saturated rings. The van der Waals surface area contributed by atoms with Gasteiger partial charge in [-0.1, -0.05) is 12.1 Å². The second kappa shape index (κ2) is 8.10. The van der Waals surface area contributed by atoms with Crippen molar-refractivity contribution in [1.29, 1.82) is 0 Å². The van der Waals surface area contributed by atoms with Crippen LogP contribution in [0.2, 0.25) is 0 Å². The van der Waals surface area contributed by atoms with Crippen LogP contribution in [-0.4, -0.2) is 46.3 Å². The molecule has 0 saturated carbocycles. The molecule has 1 unspecified atom stereocenters. The Labute approximate surface area is 174 Å². The van der Waals surface area contributed by atoms with Gasteiger partial charge in [0.05, 0.1) is 24.5 Å². The summed E-state index contributed by atoms with van der Waals surface area (Å²) in [4.78, 5) is 8.77. The molecule has 3 N–H and O–H groups in total. The number of hydrogen-bond donors (Lipinski definition) is 3. The minimum atomic E-state index is 0.308. The average molecular weight is 401 g/mol. The first-order valence-electron chi connectivity index (χ1n) is 9.96. The van der Waals surface area contributed by atoms with E-state index in [9.17, 15) is 0 Å². The van der Waals surface area contributed by atoms with Gasteiger partial charge in [0.25, 0.3) is 0 Å². The van der Waals surface area contributed by atoms with Crippen molar-refractivity contribution in [2.45, 2.75) is 6.04 Å². The molecule has 1 aliphatic rings. The Morgan fingerprint density at radius 1 is 1.07 bits per heavy atom. The number of pyridine rings is 1. The van der Waals surface area contributed by atoms with Gasteiger partial charge in [0, 0.05) is 49.2 Å². The van der Waals surface area contributed by atoms with Crippen LogP contribution in [0.1, 0.15) is 11.6 Å². The maximum absolute atomic E-state index is 5.15. The van der Waals surface area contributed by atoms with Gasteiger partial charge in [-0.05, 0) is 35.9 Å². The van der Waals surface area contributed by atoms with Gasteiger partial charge in [0.15, 0.2) is 0 Å². The molecular weight excluding hydrogens is 378 g/mol. The molecule has 0 spiro atoms. The van der Waals surface area contributed by atoms with Crippen LogP contribution < -0.4 is 20.7 Å². The lowest BCUT2D eigenvalue weighted by Gasteiger charge is -2.25. The number of ether oxygens (including phenoxy) is 1. The molecule has 8 heteroatoms. The highest BCUT2D eigenvalue weighted by Gasteiger charge is 2.15. The van der Waals surface area contributed by atoms with Gasteiger partial charge in [0.2, 0.25) is 11.8 Å². The quantitative estimate of drug-likeness (QED) is 0.474. The molecule has 0 bridgehead atoms. The Balaban J connectivity index is 1.42. The van der Waals surface area contributed by atoms with E-state index >= 15 is 0 Å². The van der Waals surface area contributed by atoms with Gasteiger partial charge in [-0.25, -0.2) is 14.5 Å². The van der Waals surface area contributed by atoms with Crippen molar-refractivity contribution in [2.75, 3.05) is 32.1 Å². The summed E-state index contributed by atoms with van der Waals surface area (Å²) in [7, 11) is 1.61. The second-order valence-electron chi connectivity index (χ2n) is 7.19. The summed E-state index contributed by atoms with van der Waals surface area (Å²) in [6.45, 7) is 2.90. The van der Waals surface area contributed by atoms with Gasteiger partial charge in [0.1, 0.15) is 0 Å². The molecule has 30 heavy (non-hydrogen) atoms. The molecule has 0 aliphatic carbocycles. The SMILES string of the molecule is COc1ccc(-c2ccc3cnc(Nc4cccc(C5CNCCN5)c4)nn23)cn1. The number of nitrogens with one attached hydrogen (secondary N) is 3. The third kappa shape index (κ3) is 3.70. The van der Waals surface area contributed by atoms with Crippen LogP contribution in [0.5, 0.6) is 5.88 Å². The number of aromatic nitrogens is 4. The Bertz CT molecular complexity index is 1150. The van der Waals surface area contributed by atoms with Crippen molar-refractivity contribution in [2.24, 2.45) is 0 Å². The zero-order valence-electron chi connectivity index (χ0n) is 16.7. The van der Waals surface area contributed by atoms with Gasteiger partial charge >= 0.3 is 0 Å². The third-order valence-corrected chi connectivity index (χ3v) is 5.23. The highest BCUT2D eigenvalue weighted by Crippen LogP contribution is 2.24. The second-order valence-corrected chi connectivity index (χ2v) is 7.19. The lowest BCUT2D eigenvalue weighted by Crippen LogP contribution is -2.42. The summed E-state index contributed by atoms with van der Waals surface area (Å²) >= 11 is 0. The first kappa shape index (κ1) is 18.5. The van der Waals surface area contributed by atoms with Crippen LogP contribution in [0.3, 0.4) is 0 Å². The molecule has 1 aliphatic heterocycles. The van der Waals surface area contributed by atoms with E-state index in [1.165, 1.54) is 5.56 Å². The number of anilines is 2. The summed E-state index contributed by atoms with van der Waals surface area (Å²) in [5, 5.41) is 15.0. The van der Waals surface area contributed by atoms with Crippen molar-refractivity contribution in [3.8, 4) is 17.1 Å². The molecule has 1 aromatic carbocycles. The summed E-state index contributed by atoms with van der Waals surface area (Å²) in [5.74, 6) is 1.12. The fourth-order valence-electron chi connectivity index (χ4n) is 3.68. The first-order valence-corrected chi connectivity index (χ1v) is 9.96. The Morgan fingerprint density at radius 2 is 2.03 bits per heavy atom. The van der Waals surface area contributed by atoms with E-state index < -0.39 is 0 Å². The van der Waals surface area contributed by atoms with Crippen LogP contribution in [0, 0.1) is 0 Å². The number of fused-ring (bicyclic) bond motifs is 1. The average Bonchev–Trinajstić information content (AvgIpc) is 3.23. The molecule has 3 aromatic heterocycles. The van der Waals surface area contributed by atoms with Crippen molar-refractivity contribution >= 4 is 17.2 Å². The highest BCUT2D eigenvalue weighted by atomic mass is 16.5. The molecule has 5 rings (SSSR count). The number of rotatable bonds is 5. The maximum atomic E-state index is 5.15. The Hall–Kier alpha value is -3.49. The standard InChI is InChI=1S/C22H23N7O/c1-30-21-8-5-16(12-25-21)20-7-6-18-13-26-22(28-29(18)20)27-17-4-2-3-15(11-17)19-14-23-9-10-24-19/h2-8,11-13,19,23-24H,9-10,14H2,1H3,(H,27,28). The van der Waals surface area contributed by atoms with Crippen LogP contribution in [0.15, 0.2) is 60.9 Å². The smallest absolute Gasteiger partial charge is 0.245 e. The van der Waals surface area contributed by atoms with Gasteiger partial charge in [-0.3, -0.25) is 0 Å². The Morgan fingerprint density at radius 3 is 2.83 bits per heavy atom. The van der Waals surface area contributed by atoms with E-state index in [0.717, 1.165) is 42.1 Å². The van der Waals surface area contributed by atoms with Crippen LogP contribution >= 0.6 is 0 Å². The maximum Gasteiger partial charge on any atom is 0.245 e. The van der Waals surface area contributed by atoms with Crippen LogP contribution in [-0.2, 0) is 0 Å². The zero-order chi connectivity index (χ0) is 20.3.